The summed E-state index contributed by atoms with van der Waals surface area (Å²) < 4.78 is 31.0. The first-order valence-corrected chi connectivity index (χ1v) is 13.8. The van der Waals surface area contributed by atoms with Crippen molar-refractivity contribution in [3.63, 3.8) is 0 Å². The van der Waals surface area contributed by atoms with Gasteiger partial charge in [0.05, 0.1) is 23.7 Å². The first-order chi connectivity index (χ1) is 16.0. The summed E-state index contributed by atoms with van der Waals surface area (Å²) in [5.74, 6) is 0.687. The molecule has 3 heterocycles. The summed E-state index contributed by atoms with van der Waals surface area (Å²) in [6.07, 6.45) is 3.33. The van der Waals surface area contributed by atoms with Gasteiger partial charge in [0.2, 0.25) is 15.9 Å². The number of benzene rings is 1. The predicted molar refractivity (Wildman–Crippen MR) is 131 cm³/mol. The number of aromatic nitrogens is 3. The van der Waals surface area contributed by atoms with E-state index in [4.69, 9.17) is 0 Å². The zero-order valence-electron chi connectivity index (χ0n) is 21.2. The van der Waals surface area contributed by atoms with Crippen molar-refractivity contribution in [1.82, 2.24) is 24.2 Å². The fourth-order valence-electron chi connectivity index (χ4n) is 4.73. The summed E-state index contributed by atoms with van der Waals surface area (Å²) >= 11 is 0. The highest BCUT2D eigenvalue weighted by atomic mass is 32.2. The first-order valence-electron chi connectivity index (χ1n) is 12.3. The Morgan fingerprint density at radius 2 is 1.62 bits per heavy atom. The number of carbonyl (C=O) groups excluding carboxylic acids is 1. The minimum atomic E-state index is -3.64. The summed E-state index contributed by atoms with van der Waals surface area (Å²) in [5.41, 5.74) is 3.72. The van der Waals surface area contributed by atoms with Crippen molar-refractivity contribution in [2.75, 3.05) is 19.6 Å². The van der Waals surface area contributed by atoms with E-state index < -0.39 is 10.0 Å². The maximum Gasteiger partial charge on any atom is 0.243 e. The normalized spacial score (nSPS) is 18.0. The van der Waals surface area contributed by atoms with Gasteiger partial charge in [-0.25, -0.2) is 13.1 Å². The van der Waals surface area contributed by atoms with Crippen molar-refractivity contribution in [3.05, 3.63) is 40.7 Å². The Bertz CT molecular complexity index is 1130. The minimum Gasteiger partial charge on any atom is -0.337 e. The Kier molecular flexibility index (Phi) is 6.88. The van der Waals surface area contributed by atoms with Gasteiger partial charge in [0.25, 0.3) is 0 Å². The number of nitrogens with zero attached hydrogens (tertiary/aromatic N) is 5. The maximum atomic E-state index is 13.8. The first kappa shape index (κ1) is 24.9. The molecule has 0 atom stereocenters. The fourth-order valence-corrected chi connectivity index (χ4v) is 6.91. The molecule has 0 saturated carbocycles. The molecule has 2 aliphatic rings. The second kappa shape index (κ2) is 9.41. The predicted octanol–water partition coefficient (Wildman–Crippen LogP) is 4.02. The van der Waals surface area contributed by atoms with Gasteiger partial charge in [-0.3, -0.25) is 4.79 Å². The van der Waals surface area contributed by atoms with Crippen LogP contribution in [0, 0.1) is 0 Å². The van der Waals surface area contributed by atoms with Crippen LogP contribution in [-0.2, 0) is 21.4 Å². The van der Waals surface area contributed by atoms with E-state index in [1.54, 1.807) is 13.9 Å². The fraction of sp³-hybridized carbons (Fsp3) is 0.640. The number of carbonyl (C=O) groups is 1. The van der Waals surface area contributed by atoms with Crippen molar-refractivity contribution in [2.45, 2.75) is 89.6 Å². The Morgan fingerprint density at radius 3 is 2.12 bits per heavy atom. The molecule has 1 aromatic heterocycles. The molecule has 9 heteroatoms. The Balaban J connectivity index is 1.55. The molecular formula is C25H37N5O3S. The SMILES string of the molecule is CC(C)c1cc(C(C)C)c(S(=O)(=O)N2CC(n3cc(CN4CCCC4=O)nn3)C2)c(C(C)C)c1. The molecule has 186 valence electrons. The van der Waals surface area contributed by atoms with Crippen LogP contribution in [0.5, 0.6) is 0 Å². The van der Waals surface area contributed by atoms with Crippen molar-refractivity contribution in [3.8, 4) is 0 Å². The smallest absolute Gasteiger partial charge is 0.243 e. The van der Waals surface area contributed by atoms with Crippen LogP contribution >= 0.6 is 0 Å². The van der Waals surface area contributed by atoms with Gasteiger partial charge in [0.1, 0.15) is 5.69 Å². The molecule has 4 rings (SSSR count). The third-order valence-electron chi connectivity index (χ3n) is 6.96. The average molecular weight is 488 g/mol. The van der Waals surface area contributed by atoms with E-state index in [-0.39, 0.29) is 23.8 Å². The van der Waals surface area contributed by atoms with Crippen molar-refractivity contribution >= 4 is 15.9 Å². The van der Waals surface area contributed by atoms with Gasteiger partial charge in [-0.2, -0.15) is 4.31 Å². The van der Waals surface area contributed by atoms with Crippen LogP contribution in [0.25, 0.3) is 0 Å². The second-order valence-electron chi connectivity index (χ2n) is 10.6. The highest BCUT2D eigenvalue weighted by molar-refractivity contribution is 7.89. The minimum absolute atomic E-state index is 0.0507. The summed E-state index contributed by atoms with van der Waals surface area (Å²) in [7, 11) is -3.64. The summed E-state index contributed by atoms with van der Waals surface area (Å²) in [5, 5.41) is 8.44. The molecule has 1 aromatic carbocycles. The largest absolute Gasteiger partial charge is 0.337 e. The molecule has 8 nitrogen and oxygen atoms in total. The van der Waals surface area contributed by atoms with E-state index in [9.17, 15) is 13.2 Å². The summed E-state index contributed by atoms with van der Waals surface area (Å²) in [4.78, 5) is 14.2. The number of amides is 1. The number of hydrogen-bond donors (Lipinski definition) is 0. The Hall–Kier alpha value is -2.26. The Morgan fingerprint density at radius 1 is 1.00 bits per heavy atom. The monoisotopic (exact) mass is 487 g/mol. The van der Waals surface area contributed by atoms with Gasteiger partial charge in [-0.05, 0) is 40.9 Å². The molecule has 2 aromatic rings. The van der Waals surface area contributed by atoms with E-state index >= 15 is 0 Å². The van der Waals surface area contributed by atoms with Crippen LogP contribution in [0.4, 0.5) is 0 Å². The zero-order valence-corrected chi connectivity index (χ0v) is 22.0. The van der Waals surface area contributed by atoms with Crippen LogP contribution in [0.1, 0.15) is 101 Å². The highest BCUT2D eigenvalue weighted by Crippen LogP contribution is 2.38. The third-order valence-corrected chi connectivity index (χ3v) is 8.93. The molecule has 0 aliphatic carbocycles. The van der Waals surface area contributed by atoms with E-state index in [0.717, 1.165) is 29.8 Å². The van der Waals surface area contributed by atoms with Gasteiger partial charge in [0, 0.05) is 26.1 Å². The molecule has 0 N–H and O–H groups in total. The van der Waals surface area contributed by atoms with Crippen LogP contribution in [0.15, 0.2) is 23.2 Å². The quantitative estimate of drug-likeness (QED) is 0.561. The van der Waals surface area contributed by atoms with E-state index in [2.05, 4.69) is 64.0 Å². The molecule has 0 bridgehead atoms. The van der Waals surface area contributed by atoms with Gasteiger partial charge in [0.15, 0.2) is 0 Å². The topological polar surface area (TPSA) is 88.4 Å². The van der Waals surface area contributed by atoms with Crippen molar-refractivity contribution < 1.29 is 13.2 Å². The standard InChI is InChI=1S/C25H37N5O3S/c1-16(2)19-10-22(17(3)4)25(23(11-19)18(5)6)34(32,33)29-14-21(15-29)30-13-20(26-27-30)12-28-9-7-8-24(28)31/h10-11,13,16-18,21H,7-9,12,14-15H2,1-6H3. The number of rotatable bonds is 8. The highest BCUT2D eigenvalue weighted by Gasteiger charge is 2.41. The van der Waals surface area contributed by atoms with E-state index in [0.29, 0.717) is 36.9 Å². The lowest BCUT2D eigenvalue weighted by Crippen LogP contribution is -2.51. The molecule has 0 unspecified atom stereocenters. The lowest BCUT2D eigenvalue weighted by molar-refractivity contribution is -0.128. The van der Waals surface area contributed by atoms with E-state index in [1.165, 1.54) is 5.56 Å². The number of hydrogen-bond acceptors (Lipinski definition) is 5. The molecule has 1 amide bonds. The lowest BCUT2D eigenvalue weighted by atomic mass is 9.89. The van der Waals surface area contributed by atoms with Gasteiger partial charge >= 0.3 is 0 Å². The zero-order chi connectivity index (χ0) is 24.8. The van der Waals surface area contributed by atoms with E-state index in [1.807, 2.05) is 6.20 Å². The van der Waals surface area contributed by atoms with Gasteiger partial charge in [-0.1, -0.05) is 58.9 Å². The number of likely N-dealkylation sites (tertiary alicyclic amines) is 1. The van der Waals surface area contributed by atoms with Crippen LogP contribution in [0.2, 0.25) is 0 Å². The molecule has 2 saturated heterocycles. The maximum absolute atomic E-state index is 13.8. The number of sulfonamides is 1. The van der Waals surface area contributed by atoms with Crippen LogP contribution < -0.4 is 0 Å². The second-order valence-corrected chi connectivity index (χ2v) is 12.5. The van der Waals surface area contributed by atoms with Gasteiger partial charge < -0.3 is 4.90 Å². The molecule has 0 spiro atoms. The van der Waals surface area contributed by atoms with Crippen LogP contribution in [0.3, 0.4) is 0 Å². The molecule has 2 aliphatic heterocycles. The van der Waals surface area contributed by atoms with Crippen molar-refractivity contribution in [1.29, 1.82) is 0 Å². The molecule has 34 heavy (non-hydrogen) atoms. The van der Waals surface area contributed by atoms with Crippen LogP contribution in [-0.4, -0.2) is 58.2 Å². The van der Waals surface area contributed by atoms with Crippen molar-refractivity contribution in [2.24, 2.45) is 0 Å². The average Bonchev–Trinajstić information content (AvgIpc) is 3.35. The Labute approximate surface area is 203 Å². The molecule has 0 radical (unpaired) electrons. The molecular weight excluding hydrogens is 450 g/mol. The lowest BCUT2D eigenvalue weighted by Gasteiger charge is -2.39. The summed E-state index contributed by atoms with van der Waals surface area (Å²) in [6, 6.07) is 4.11. The summed E-state index contributed by atoms with van der Waals surface area (Å²) in [6.45, 7) is 14.5. The third kappa shape index (κ3) is 4.64. The molecule has 2 fully saturated rings. The van der Waals surface area contributed by atoms with Gasteiger partial charge in [-0.15, -0.1) is 5.10 Å².